The zero-order valence-corrected chi connectivity index (χ0v) is 20.7. The van der Waals surface area contributed by atoms with Crippen LogP contribution in [0.25, 0.3) is 11.7 Å². The Morgan fingerprint density at radius 2 is 1.94 bits per heavy atom. The number of aromatic nitrogens is 1. The molecule has 1 unspecified atom stereocenters. The molecule has 188 valence electrons. The number of ether oxygens (including phenoxy) is 1. The number of hydrogen-bond acceptors (Lipinski definition) is 8. The summed E-state index contributed by atoms with van der Waals surface area (Å²) in [6.07, 6.45) is 2.50. The molecule has 2 aromatic heterocycles. The molecule has 0 aliphatic carbocycles. The van der Waals surface area contributed by atoms with Gasteiger partial charge in [-0.05, 0) is 51.3 Å². The van der Waals surface area contributed by atoms with Crippen molar-refractivity contribution in [2.75, 3.05) is 18.0 Å². The lowest BCUT2D eigenvalue weighted by molar-refractivity contribution is -0.148. The number of esters is 1. The van der Waals surface area contributed by atoms with Crippen LogP contribution in [0.1, 0.15) is 56.0 Å². The summed E-state index contributed by atoms with van der Waals surface area (Å²) < 4.78 is 16.5. The van der Waals surface area contributed by atoms with Crippen LogP contribution in [0.5, 0.6) is 0 Å². The van der Waals surface area contributed by atoms with Gasteiger partial charge in [-0.2, -0.15) is 10.2 Å². The van der Waals surface area contributed by atoms with E-state index in [4.69, 9.17) is 13.6 Å². The molecule has 0 radical (unpaired) electrons. The highest BCUT2D eigenvalue weighted by atomic mass is 16.5. The van der Waals surface area contributed by atoms with Gasteiger partial charge in [-0.1, -0.05) is 29.8 Å². The van der Waals surface area contributed by atoms with E-state index < -0.39 is 6.04 Å². The Hall–Kier alpha value is -4.06. The summed E-state index contributed by atoms with van der Waals surface area (Å²) >= 11 is 0. The van der Waals surface area contributed by atoms with Gasteiger partial charge in [0.25, 0.3) is 5.89 Å². The van der Waals surface area contributed by atoms with Crippen LogP contribution in [-0.4, -0.2) is 36.1 Å². The number of anilines is 1. The van der Waals surface area contributed by atoms with Gasteiger partial charge in [-0.15, -0.1) is 0 Å². The molecule has 36 heavy (non-hydrogen) atoms. The van der Waals surface area contributed by atoms with Gasteiger partial charge in [0.2, 0.25) is 17.5 Å². The van der Waals surface area contributed by atoms with E-state index in [1.165, 1.54) is 6.26 Å². The van der Waals surface area contributed by atoms with E-state index in [1.807, 2.05) is 36.1 Å². The normalized spacial score (nSPS) is 14.9. The number of benzene rings is 1. The summed E-state index contributed by atoms with van der Waals surface area (Å²) in [6.45, 7) is 6.65. The molecule has 3 heterocycles. The Morgan fingerprint density at radius 1 is 1.22 bits per heavy atom. The zero-order valence-electron chi connectivity index (χ0n) is 20.7. The van der Waals surface area contributed by atoms with Gasteiger partial charge in [0, 0.05) is 19.0 Å². The molecule has 1 aliphatic rings. The van der Waals surface area contributed by atoms with Gasteiger partial charge in [-0.25, -0.2) is 0 Å². The quantitative estimate of drug-likeness (QED) is 0.457. The second-order valence-electron chi connectivity index (χ2n) is 9.24. The molecule has 1 fully saturated rings. The monoisotopic (exact) mass is 490 g/mol. The molecular weight excluding hydrogens is 460 g/mol. The van der Waals surface area contributed by atoms with Crippen LogP contribution in [0.4, 0.5) is 5.88 Å². The Balaban J connectivity index is 1.41. The van der Waals surface area contributed by atoms with Crippen molar-refractivity contribution in [3.05, 3.63) is 59.5 Å². The number of oxazole rings is 1. The van der Waals surface area contributed by atoms with Crippen molar-refractivity contribution in [3.8, 4) is 17.7 Å². The average Bonchev–Trinajstić information content (AvgIpc) is 3.54. The van der Waals surface area contributed by atoms with Gasteiger partial charge in [-0.3, -0.25) is 9.59 Å². The molecule has 0 spiro atoms. The maximum Gasteiger partial charge on any atom is 0.308 e. The summed E-state index contributed by atoms with van der Waals surface area (Å²) in [7, 11) is 0. The van der Waals surface area contributed by atoms with E-state index in [9.17, 15) is 14.9 Å². The lowest BCUT2D eigenvalue weighted by Gasteiger charge is -2.32. The van der Waals surface area contributed by atoms with Gasteiger partial charge in [0.05, 0.1) is 24.8 Å². The van der Waals surface area contributed by atoms with E-state index in [0.717, 1.165) is 11.1 Å². The Kier molecular flexibility index (Phi) is 7.74. The first-order chi connectivity index (χ1) is 17.3. The van der Waals surface area contributed by atoms with Crippen molar-refractivity contribution < 1.29 is 23.2 Å². The predicted octanol–water partition coefficient (Wildman–Crippen LogP) is 4.53. The number of nitrogens with zero attached hydrogens (tertiary/aromatic N) is 3. The molecule has 1 saturated heterocycles. The molecule has 9 heteroatoms. The lowest BCUT2D eigenvalue weighted by Crippen LogP contribution is -2.42. The minimum Gasteiger partial charge on any atom is -0.463 e. The number of nitriles is 1. The van der Waals surface area contributed by atoms with E-state index in [1.54, 1.807) is 26.0 Å². The summed E-state index contributed by atoms with van der Waals surface area (Å²) in [5, 5.41) is 12.6. The number of amides is 1. The summed E-state index contributed by atoms with van der Waals surface area (Å²) in [6, 6.07) is 12.8. The number of carbonyl (C=O) groups excluding carboxylic acids is 2. The summed E-state index contributed by atoms with van der Waals surface area (Å²) in [4.78, 5) is 31.7. The number of rotatable bonds is 8. The van der Waals surface area contributed by atoms with Crippen molar-refractivity contribution in [2.24, 2.45) is 5.92 Å². The van der Waals surface area contributed by atoms with E-state index >= 15 is 0 Å². The summed E-state index contributed by atoms with van der Waals surface area (Å²) in [5.41, 5.74) is 2.14. The highest BCUT2D eigenvalue weighted by molar-refractivity contribution is 5.80. The number of nitrogens with one attached hydrogen (secondary N) is 1. The molecule has 1 N–H and O–H groups in total. The van der Waals surface area contributed by atoms with Crippen LogP contribution >= 0.6 is 0 Å². The minimum atomic E-state index is -0.474. The molecule has 1 atom stereocenters. The molecule has 0 saturated carbocycles. The zero-order chi connectivity index (χ0) is 25.7. The Labute approximate surface area is 210 Å². The average molecular weight is 491 g/mol. The second kappa shape index (κ2) is 11.1. The number of piperidine rings is 1. The maximum absolute atomic E-state index is 13.2. The first-order valence-electron chi connectivity index (χ1n) is 12.1. The van der Waals surface area contributed by atoms with Crippen molar-refractivity contribution >= 4 is 17.8 Å². The Bertz CT molecular complexity index is 1220. The lowest BCUT2D eigenvalue weighted by atomic mass is 9.94. The van der Waals surface area contributed by atoms with Crippen molar-refractivity contribution in [1.29, 1.82) is 5.26 Å². The van der Waals surface area contributed by atoms with Crippen LogP contribution in [0.3, 0.4) is 0 Å². The highest BCUT2D eigenvalue weighted by Crippen LogP contribution is 2.31. The summed E-state index contributed by atoms with van der Waals surface area (Å²) in [5.74, 6) is 0.398. The fraction of sp³-hybridized carbons (Fsp3) is 0.407. The van der Waals surface area contributed by atoms with Gasteiger partial charge >= 0.3 is 5.97 Å². The molecule has 9 nitrogen and oxygen atoms in total. The third kappa shape index (κ3) is 5.95. The fourth-order valence-electron chi connectivity index (χ4n) is 4.27. The topological polar surface area (TPSA) is 122 Å². The smallest absolute Gasteiger partial charge is 0.308 e. The number of carbonyl (C=O) groups is 2. The molecule has 1 aliphatic heterocycles. The van der Waals surface area contributed by atoms with Crippen molar-refractivity contribution in [2.45, 2.75) is 52.2 Å². The molecule has 1 aromatic carbocycles. The molecular formula is C27H30N4O5. The first-order valence-corrected chi connectivity index (χ1v) is 12.1. The minimum absolute atomic E-state index is 0.0605. The van der Waals surface area contributed by atoms with E-state index in [-0.39, 0.29) is 41.9 Å². The van der Waals surface area contributed by atoms with Crippen molar-refractivity contribution in [3.63, 3.8) is 0 Å². The number of furan rings is 1. The van der Waals surface area contributed by atoms with Crippen LogP contribution < -0.4 is 10.2 Å². The molecule has 3 aromatic rings. The van der Waals surface area contributed by atoms with E-state index in [2.05, 4.69) is 16.4 Å². The van der Waals surface area contributed by atoms with Crippen LogP contribution in [0.2, 0.25) is 0 Å². The SMILES string of the molecule is Cc1ccc(C(CC(=O)OC(C)C)NC(=O)C2CCN(c3oc(-c4ccco4)nc3C#N)CC2)cc1. The van der Waals surface area contributed by atoms with Crippen molar-refractivity contribution in [1.82, 2.24) is 10.3 Å². The molecule has 4 rings (SSSR count). The molecule has 0 bridgehead atoms. The Morgan fingerprint density at radius 3 is 2.56 bits per heavy atom. The first kappa shape index (κ1) is 25.0. The second-order valence-corrected chi connectivity index (χ2v) is 9.24. The highest BCUT2D eigenvalue weighted by Gasteiger charge is 2.31. The molecule has 1 amide bonds. The standard InChI is InChI=1S/C27H30N4O5/c1-17(2)35-24(32)15-21(19-8-6-18(3)7-9-19)29-25(33)20-10-12-31(13-11-20)27-22(16-28)30-26(36-27)23-5-4-14-34-23/h4-9,14,17,20-21H,10-13,15H2,1-3H3,(H,29,33). The largest absolute Gasteiger partial charge is 0.463 e. The van der Waals surface area contributed by atoms with Crippen LogP contribution in [-0.2, 0) is 14.3 Å². The van der Waals surface area contributed by atoms with Crippen LogP contribution in [0, 0.1) is 24.2 Å². The maximum atomic E-state index is 13.2. The van der Waals surface area contributed by atoms with Gasteiger partial charge in [0.15, 0.2) is 5.76 Å². The van der Waals surface area contributed by atoms with Gasteiger partial charge in [0.1, 0.15) is 6.07 Å². The fourth-order valence-corrected chi connectivity index (χ4v) is 4.27. The number of hydrogen-bond donors (Lipinski definition) is 1. The third-order valence-electron chi connectivity index (χ3n) is 6.13. The predicted molar refractivity (Wildman–Crippen MR) is 132 cm³/mol. The van der Waals surface area contributed by atoms with E-state index in [0.29, 0.717) is 37.6 Å². The number of aryl methyl sites for hydroxylation is 1. The van der Waals surface area contributed by atoms with Gasteiger partial charge < -0.3 is 23.8 Å². The third-order valence-corrected chi connectivity index (χ3v) is 6.13. The van der Waals surface area contributed by atoms with Crippen LogP contribution in [0.15, 0.2) is 51.5 Å².